The van der Waals surface area contributed by atoms with Crippen molar-refractivity contribution in [2.75, 3.05) is 32.7 Å². The standard InChI is InChI=1S/C17H33N3/c1-4-12-20(13-5-1)14-11-19-16-8-3-2-7-15(16)17-9-6-10-18-17/h15-19H,1-14H2. The summed E-state index contributed by atoms with van der Waals surface area (Å²) < 4.78 is 0. The molecule has 3 unspecified atom stereocenters. The molecule has 2 aliphatic heterocycles. The Bertz CT molecular complexity index is 269. The van der Waals surface area contributed by atoms with Gasteiger partial charge in [-0.1, -0.05) is 19.3 Å². The van der Waals surface area contributed by atoms with Gasteiger partial charge in [-0.3, -0.25) is 0 Å². The van der Waals surface area contributed by atoms with Gasteiger partial charge >= 0.3 is 0 Å². The quantitative estimate of drug-likeness (QED) is 0.809. The van der Waals surface area contributed by atoms with Gasteiger partial charge in [0.25, 0.3) is 0 Å². The maximum Gasteiger partial charge on any atom is 0.0111 e. The number of likely N-dealkylation sites (tertiary alicyclic amines) is 1. The maximum atomic E-state index is 3.91. The third kappa shape index (κ3) is 3.96. The summed E-state index contributed by atoms with van der Waals surface area (Å²) >= 11 is 0. The molecule has 0 radical (unpaired) electrons. The molecule has 0 aromatic carbocycles. The van der Waals surface area contributed by atoms with Crippen molar-refractivity contribution in [2.45, 2.75) is 69.9 Å². The lowest BCUT2D eigenvalue weighted by molar-refractivity contribution is 0.192. The minimum atomic E-state index is 0.782. The van der Waals surface area contributed by atoms with E-state index in [0.717, 1.165) is 18.0 Å². The molecule has 0 aromatic rings. The molecule has 0 spiro atoms. The number of rotatable bonds is 5. The second kappa shape index (κ2) is 7.77. The van der Waals surface area contributed by atoms with Gasteiger partial charge < -0.3 is 15.5 Å². The van der Waals surface area contributed by atoms with Crippen molar-refractivity contribution in [3.63, 3.8) is 0 Å². The lowest BCUT2D eigenvalue weighted by Crippen LogP contribution is -2.48. The first-order valence-corrected chi connectivity index (χ1v) is 9.12. The van der Waals surface area contributed by atoms with Crippen LogP contribution < -0.4 is 10.6 Å². The predicted molar refractivity (Wildman–Crippen MR) is 85.1 cm³/mol. The summed E-state index contributed by atoms with van der Waals surface area (Å²) in [5, 5.41) is 7.66. The van der Waals surface area contributed by atoms with Crippen LogP contribution in [0.4, 0.5) is 0 Å². The third-order valence-electron chi connectivity index (χ3n) is 5.72. The number of nitrogens with one attached hydrogen (secondary N) is 2. The normalized spacial score (nSPS) is 36.3. The zero-order valence-electron chi connectivity index (χ0n) is 13.1. The van der Waals surface area contributed by atoms with Gasteiger partial charge in [-0.15, -0.1) is 0 Å². The van der Waals surface area contributed by atoms with Crippen molar-refractivity contribution >= 4 is 0 Å². The Morgan fingerprint density at radius 2 is 1.75 bits per heavy atom. The average molecular weight is 279 g/mol. The van der Waals surface area contributed by atoms with E-state index in [-0.39, 0.29) is 0 Å². The lowest BCUT2D eigenvalue weighted by atomic mass is 9.79. The largest absolute Gasteiger partial charge is 0.314 e. The average Bonchev–Trinajstić information content (AvgIpc) is 3.03. The molecule has 1 aliphatic carbocycles. The molecule has 116 valence electrons. The van der Waals surface area contributed by atoms with Crippen molar-refractivity contribution in [3.05, 3.63) is 0 Å². The number of hydrogen-bond acceptors (Lipinski definition) is 3. The number of nitrogens with zero attached hydrogens (tertiary/aromatic N) is 1. The van der Waals surface area contributed by atoms with Gasteiger partial charge in [0.05, 0.1) is 0 Å². The molecule has 0 amide bonds. The summed E-state index contributed by atoms with van der Waals surface area (Å²) in [5.74, 6) is 0.896. The lowest BCUT2D eigenvalue weighted by Gasteiger charge is -2.37. The van der Waals surface area contributed by atoms with E-state index in [1.807, 2.05) is 0 Å². The molecule has 2 heterocycles. The fraction of sp³-hybridized carbons (Fsp3) is 1.00. The van der Waals surface area contributed by atoms with Crippen LogP contribution in [0.3, 0.4) is 0 Å². The van der Waals surface area contributed by atoms with Crippen LogP contribution in [0.5, 0.6) is 0 Å². The smallest absolute Gasteiger partial charge is 0.0111 e. The molecule has 1 saturated carbocycles. The maximum absolute atomic E-state index is 3.91. The van der Waals surface area contributed by atoms with Crippen LogP contribution in [0.25, 0.3) is 0 Å². The van der Waals surface area contributed by atoms with Crippen LogP contribution >= 0.6 is 0 Å². The molecule has 0 bridgehead atoms. The molecular weight excluding hydrogens is 246 g/mol. The van der Waals surface area contributed by atoms with Crippen molar-refractivity contribution < 1.29 is 0 Å². The van der Waals surface area contributed by atoms with E-state index in [2.05, 4.69) is 15.5 Å². The van der Waals surface area contributed by atoms with Crippen LogP contribution in [0, 0.1) is 5.92 Å². The summed E-state index contributed by atoms with van der Waals surface area (Å²) in [7, 11) is 0. The van der Waals surface area contributed by atoms with Crippen LogP contribution in [0.1, 0.15) is 57.8 Å². The second-order valence-corrected chi connectivity index (χ2v) is 7.11. The minimum Gasteiger partial charge on any atom is -0.314 e. The molecule has 3 heteroatoms. The topological polar surface area (TPSA) is 27.3 Å². The number of piperidine rings is 1. The number of hydrogen-bond donors (Lipinski definition) is 2. The zero-order chi connectivity index (χ0) is 13.6. The molecule has 3 aliphatic rings. The molecule has 0 aromatic heterocycles. The third-order valence-corrected chi connectivity index (χ3v) is 5.72. The van der Waals surface area contributed by atoms with Crippen LogP contribution in [-0.4, -0.2) is 49.7 Å². The molecule has 2 N–H and O–H groups in total. The summed E-state index contributed by atoms with van der Waals surface area (Å²) in [6.07, 6.45) is 12.8. The van der Waals surface area contributed by atoms with Gasteiger partial charge in [0.15, 0.2) is 0 Å². The molecule has 3 nitrogen and oxygen atoms in total. The van der Waals surface area contributed by atoms with Crippen molar-refractivity contribution in [3.8, 4) is 0 Å². The predicted octanol–water partition coefficient (Wildman–Crippen LogP) is 2.37. The Morgan fingerprint density at radius 3 is 2.55 bits per heavy atom. The second-order valence-electron chi connectivity index (χ2n) is 7.11. The molecule has 3 atom stereocenters. The van der Waals surface area contributed by atoms with E-state index in [9.17, 15) is 0 Å². The summed E-state index contributed by atoms with van der Waals surface area (Å²) in [5.41, 5.74) is 0. The van der Waals surface area contributed by atoms with Crippen LogP contribution in [0.2, 0.25) is 0 Å². The van der Waals surface area contributed by atoms with Gasteiger partial charge in [0, 0.05) is 25.2 Å². The van der Waals surface area contributed by atoms with Crippen molar-refractivity contribution in [2.24, 2.45) is 5.92 Å². The SMILES string of the molecule is C1CCN(CCNC2CCCCC2C2CCCN2)CC1. The molecular formula is C17H33N3. The summed E-state index contributed by atoms with van der Waals surface area (Å²) in [4.78, 5) is 2.65. The fourth-order valence-corrected chi connectivity index (χ4v) is 4.56. The van der Waals surface area contributed by atoms with E-state index in [4.69, 9.17) is 0 Å². The van der Waals surface area contributed by atoms with Gasteiger partial charge in [-0.05, 0) is 64.1 Å². The first kappa shape index (κ1) is 14.8. The monoisotopic (exact) mass is 279 g/mol. The summed E-state index contributed by atoms with van der Waals surface area (Å²) in [6.45, 7) is 6.39. The highest BCUT2D eigenvalue weighted by molar-refractivity contribution is 4.91. The van der Waals surface area contributed by atoms with Crippen LogP contribution in [0.15, 0.2) is 0 Å². The Morgan fingerprint density at radius 1 is 0.900 bits per heavy atom. The molecule has 20 heavy (non-hydrogen) atoms. The van der Waals surface area contributed by atoms with Crippen LogP contribution in [-0.2, 0) is 0 Å². The van der Waals surface area contributed by atoms with Gasteiger partial charge in [-0.2, -0.15) is 0 Å². The molecule has 3 rings (SSSR count). The minimum absolute atomic E-state index is 0.782. The highest BCUT2D eigenvalue weighted by atomic mass is 15.1. The van der Waals surface area contributed by atoms with Crippen molar-refractivity contribution in [1.29, 1.82) is 0 Å². The highest BCUT2D eigenvalue weighted by Crippen LogP contribution is 2.30. The highest BCUT2D eigenvalue weighted by Gasteiger charge is 2.32. The van der Waals surface area contributed by atoms with Gasteiger partial charge in [-0.25, -0.2) is 0 Å². The molecule has 2 saturated heterocycles. The fourth-order valence-electron chi connectivity index (χ4n) is 4.56. The van der Waals surface area contributed by atoms with Gasteiger partial charge in [0.2, 0.25) is 0 Å². The Kier molecular flexibility index (Phi) is 5.75. The Labute approximate surface area is 124 Å². The summed E-state index contributed by atoms with van der Waals surface area (Å²) in [6, 6.07) is 1.59. The van der Waals surface area contributed by atoms with E-state index in [0.29, 0.717) is 0 Å². The first-order valence-electron chi connectivity index (χ1n) is 9.12. The van der Waals surface area contributed by atoms with Gasteiger partial charge in [0.1, 0.15) is 0 Å². The Hall–Kier alpha value is -0.120. The van der Waals surface area contributed by atoms with Crippen molar-refractivity contribution in [1.82, 2.24) is 15.5 Å². The van der Waals surface area contributed by atoms with E-state index >= 15 is 0 Å². The molecule has 3 fully saturated rings. The van der Waals surface area contributed by atoms with E-state index < -0.39 is 0 Å². The zero-order valence-corrected chi connectivity index (χ0v) is 13.1. The van der Waals surface area contributed by atoms with E-state index in [1.54, 1.807) is 0 Å². The first-order chi connectivity index (χ1) is 9.93. The van der Waals surface area contributed by atoms with E-state index in [1.165, 1.54) is 90.5 Å². The Balaban J connectivity index is 1.41.